The predicted molar refractivity (Wildman–Crippen MR) is 119 cm³/mol. The highest BCUT2D eigenvalue weighted by atomic mass is 35.5. The van der Waals surface area contributed by atoms with E-state index in [-0.39, 0.29) is 11.8 Å². The number of carbonyl (C=O) groups is 2. The molecule has 2 aliphatic heterocycles. The van der Waals surface area contributed by atoms with Crippen LogP contribution in [0.1, 0.15) is 32.6 Å². The Bertz CT molecular complexity index is 677. The monoisotopic (exact) mass is 438 g/mol. The third-order valence-corrected chi connectivity index (χ3v) is 6.86. The second kappa shape index (κ2) is 11.1. The summed E-state index contributed by atoms with van der Waals surface area (Å²) < 4.78 is 5.65. The average Bonchev–Trinajstić information content (AvgIpc) is 2.74. The van der Waals surface area contributed by atoms with Gasteiger partial charge in [-0.25, -0.2) is 0 Å². The van der Waals surface area contributed by atoms with Crippen LogP contribution in [-0.4, -0.2) is 65.9 Å². The molecule has 1 aromatic carbocycles. The van der Waals surface area contributed by atoms with Crippen LogP contribution in [0.15, 0.2) is 24.3 Å². The summed E-state index contributed by atoms with van der Waals surface area (Å²) in [5.74, 6) is 3.18. The van der Waals surface area contributed by atoms with Gasteiger partial charge >= 0.3 is 0 Å². The van der Waals surface area contributed by atoms with Crippen LogP contribution in [0.25, 0.3) is 0 Å². The lowest BCUT2D eigenvalue weighted by atomic mass is 9.93. The van der Waals surface area contributed by atoms with Crippen LogP contribution in [0.2, 0.25) is 5.02 Å². The Balaban J connectivity index is 1.30. The lowest BCUT2D eigenvalue weighted by molar-refractivity contribution is -0.141. The fraction of sp³-hybridized carbons (Fsp3) is 0.636. The Kier molecular flexibility index (Phi) is 8.54. The fourth-order valence-corrected chi connectivity index (χ4v) is 4.85. The van der Waals surface area contributed by atoms with E-state index in [1.807, 2.05) is 21.9 Å². The van der Waals surface area contributed by atoms with Gasteiger partial charge in [-0.15, -0.1) is 11.8 Å². The Morgan fingerprint density at radius 2 is 1.83 bits per heavy atom. The number of halogens is 1. The number of ether oxygens (including phenoxy) is 1. The van der Waals surface area contributed by atoms with Crippen molar-refractivity contribution in [2.24, 2.45) is 11.8 Å². The molecule has 160 valence electrons. The summed E-state index contributed by atoms with van der Waals surface area (Å²) in [5, 5.41) is 0.688. The van der Waals surface area contributed by atoms with E-state index < -0.39 is 0 Å². The largest absolute Gasteiger partial charge is 0.493 e. The highest BCUT2D eigenvalue weighted by Gasteiger charge is 2.31. The number of benzene rings is 1. The molecule has 2 heterocycles. The molecular formula is C22H31ClN2O3S. The number of hydrogen-bond donors (Lipinski definition) is 0. The summed E-state index contributed by atoms with van der Waals surface area (Å²) in [6, 6.07) is 7.28. The van der Waals surface area contributed by atoms with Crippen molar-refractivity contribution in [1.82, 2.24) is 9.80 Å². The summed E-state index contributed by atoms with van der Waals surface area (Å²) in [6.07, 6.45) is 3.92. The van der Waals surface area contributed by atoms with Crippen molar-refractivity contribution in [1.29, 1.82) is 0 Å². The molecule has 0 N–H and O–H groups in total. The van der Waals surface area contributed by atoms with Gasteiger partial charge in [0, 0.05) is 42.9 Å². The summed E-state index contributed by atoms with van der Waals surface area (Å²) in [5.41, 5.74) is 0. The maximum absolute atomic E-state index is 12.8. The van der Waals surface area contributed by atoms with Crippen LogP contribution in [0.5, 0.6) is 5.75 Å². The third kappa shape index (κ3) is 6.82. The second-order valence-electron chi connectivity index (χ2n) is 8.04. The van der Waals surface area contributed by atoms with Gasteiger partial charge in [-0.05, 0) is 55.9 Å². The number of hydrogen-bond acceptors (Lipinski definition) is 4. The van der Waals surface area contributed by atoms with E-state index in [1.165, 1.54) is 6.42 Å². The first-order valence-corrected chi connectivity index (χ1v) is 12.1. The number of rotatable bonds is 7. The number of nitrogens with zero attached hydrogens (tertiary/aromatic N) is 2. The minimum absolute atomic E-state index is 0.0878. The molecule has 1 unspecified atom stereocenters. The molecule has 29 heavy (non-hydrogen) atoms. The third-order valence-electron chi connectivity index (χ3n) is 5.70. The quantitative estimate of drug-likeness (QED) is 0.605. The lowest BCUT2D eigenvalue weighted by Crippen LogP contribution is -2.47. The minimum atomic E-state index is 0.0878. The summed E-state index contributed by atoms with van der Waals surface area (Å²) in [4.78, 5) is 29.2. The van der Waals surface area contributed by atoms with E-state index >= 15 is 0 Å². The van der Waals surface area contributed by atoms with Gasteiger partial charge in [-0.1, -0.05) is 18.5 Å². The molecule has 2 amide bonds. The van der Waals surface area contributed by atoms with E-state index in [0.717, 1.165) is 43.9 Å². The number of likely N-dealkylation sites (tertiary alicyclic amines) is 2. The molecule has 2 saturated heterocycles. The molecule has 0 aromatic heterocycles. The van der Waals surface area contributed by atoms with Crippen LogP contribution in [0.4, 0.5) is 0 Å². The number of amides is 2. The van der Waals surface area contributed by atoms with E-state index in [2.05, 4.69) is 6.92 Å². The molecule has 0 radical (unpaired) electrons. The number of piperidine rings is 2. The lowest BCUT2D eigenvalue weighted by Gasteiger charge is -2.37. The van der Waals surface area contributed by atoms with Crippen LogP contribution in [0.3, 0.4) is 0 Å². The van der Waals surface area contributed by atoms with Gasteiger partial charge in [0.05, 0.1) is 12.4 Å². The van der Waals surface area contributed by atoms with Crippen molar-refractivity contribution < 1.29 is 14.3 Å². The Labute approximate surface area is 183 Å². The van der Waals surface area contributed by atoms with Gasteiger partial charge in [-0.2, -0.15) is 0 Å². The molecule has 7 heteroatoms. The molecule has 2 fully saturated rings. The summed E-state index contributed by atoms with van der Waals surface area (Å²) >= 11 is 7.44. The van der Waals surface area contributed by atoms with Crippen molar-refractivity contribution in [3.05, 3.63) is 29.3 Å². The van der Waals surface area contributed by atoms with Crippen molar-refractivity contribution in [3.63, 3.8) is 0 Å². The summed E-state index contributed by atoms with van der Waals surface area (Å²) in [6.45, 7) is 5.97. The molecular weight excluding hydrogens is 408 g/mol. The SMILES string of the molecule is CC1CCCN(C(=O)C2CCN(C(=O)CSCCOc3ccc(Cl)cc3)CC2)C1. The van der Waals surface area contributed by atoms with Crippen molar-refractivity contribution in [2.45, 2.75) is 32.6 Å². The topological polar surface area (TPSA) is 49.9 Å². The fourth-order valence-electron chi connectivity index (χ4n) is 4.02. The molecule has 0 aliphatic carbocycles. The van der Waals surface area contributed by atoms with Crippen molar-refractivity contribution >= 4 is 35.2 Å². The summed E-state index contributed by atoms with van der Waals surface area (Å²) in [7, 11) is 0. The molecule has 0 spiro atoms. The normalized spacial score (nSPS) is 20.6. The Morgan fingerprint density at radius 3 is 2.52 bits per heavy atom. The van der Waals surface area contributed by atoms with Gasteiger partial charge in [0.15, 0.2) is 0 Å². The van der Waals surface area contributed by atoms with Gasteiger partial charge in [-0.3, -0.25) is 9.59 Å². The van der Waals surface area contributed by atoms with Gasteiger partial charge in [0.1, 0.15) is 5.75 Å². The van der Waals surface area contributed by atoms with E-state index in [9.17, 15) is 9.59 Å². The highest BCUT2D eigenvalue weighted by molar-refractivity contribution is 7.99. The van der Waals surface area contributed by atoms with Crippen molar-refractivity contribution in [2.75, 3.05) is 44.3 Å². The molecule has 0 saturated carbocycles. The standard InChI is InChI=1S/C22H31ClN2O3S/c1-17-3-2-10-25(15-17)22(27)18-8-11-24(12-9-18)21(26)16-29-14-13-28-20-6-4-19(23)5-7-20/h4-7,17-18H,2-3,8-16H2,1H3. The van der Waals surface area contributed by atoms with Crippen molar-refractivity contribution in [3.8, 4) is 5.75 Å². The van der Waals surface area contributed by atoms with Crippen LogP contribution in [-0.2, 0) is 9.59 Å². The zero-order chi connectivity index (χ0) is 20.6. The highest BCUT2D eigenvalue weighted by Crippen LogP contribution is 2.24. The maximum atomic E-state index is 12.8. The Morgan fingerprint density at radius 1 is 1.10 bits per heavy atom. The average molecular weight is 439 g/mol. The van der Waals surface area contributed by atoms with Crippen LogP contribution >= 0.6 is 23.4 Å². The van der Waals surface area contributed by atoms with Crippen LogP contribution < -0.4 is 4.74 Å². The molecule has 1 atom stereocenters. The van der Waals surface area contributed by atoms with E-state index in [0.29, 0.717) is 42.3 Å². The molecule has 3 rings (SSSR count). The number of carbonyl (C=O) groups excluding carboxylic acids is 2. The minimum Gasteiger partial charge on any atom is -0.493 e. The maximum Gasteiger partial charge on any atom is 0.232 e. The molecule has 5 nitrogen and oxygen atoms in total. The first-order chi connectivity index (χ1) is 14.0. The molecule has 0 bridgehead atoms. The van der Waals surface area contributed by atoms with Crippen LogP contribution in [0, 0.1) is 11.8 Å². The van der Waals surface area contributed by atoms with Gasteiger partial charge in [0.25, 0.3) is 0 Å². The molecule has 1 aromatic rings. The number of thioether (sulfide) groups is 1. The van der Waals surface area contributed by atoms with E-state index in [4.69, 9.17) is 16.3 Å². The zero-order valence-corrected chi connectivity index (χ0v) is 18.7. The first kappa shape index (κ1) is 22.3. The zero-order valence-electron chi connectivity index (χ0n) is 17.1. The first-order valence-electron chi connectivity index (χ1n) is 10.6. The van der Waals surface area contributed by atoms with E-state index in [1.54, 1.807) is 23.9 Å². The predicted octanol–water partition coefficient (Wildman–Crippen LogP) is 3.95. The van der Waals surface area contributed by atoms with Gasteiger partial charge < -0.3 is 14.5 Å². The second-order valence-corrected chi connectivity index (χ2v) is 9.58. The molecule has 2 aliphatic rings. The Hall–Kier alpha value is -1.40. The van der Waals surface area contributed by atoms with Gasteiger partial charge in [0.2, 0.25) is 11.8 Å². The smallest absolute Gasteiger partial charge is 0.232 e.